The number of carbonyl (C=O) groups excluding carboxylic acids is 4. The van der Waals surface area contributed by atoms with E-state index in [9.17, 15) is 19.2 Å². The van der Waals surface area contributed by atoms with E-state index in [4.69, 9.17) is 17.0 Å². The SMILES string of the molecule is O=C(Cn1ncn(-c2ccccc2)c1=S)N/N=C/c1ccc(OC(=O)/C=C2/SC(=O)NC2=O)cc1. The van der Waals surface area contributed by atoms with Crippen molar-refractivity contribution in [3.05, 3.63) is 82.2 Å². The van der Waals surface area contributed by atoms with Gasteiger partial charge in [-0.3, -0.25) is 24.3 Å². The lowest BCUT2D eigenvalue weighted by molar-refractivity contribution is -0.129. The minimum absolute atomic E-state index is 0.0346. The molecule has 2 N–H and O–H groups in total. The molecular formula is C22H16N6O5S2. The first-order valence-corrected chi connectivity index (χ1v) is 11.2. The number of hydrogen-bond acceptors (Lipinski definition) is 9. The highest BCUT2D eigenvalue weighted by atomic mass is 32.2. The van der Waals surface area contributed by atoms with Crippen molar-refractivity contribution in [2.45, 2.75) is 6.54 Å². The average molecular weight is 509 g/mol. The van der Waals surface area contributed by atoms with E-state index in [0.29, 0.717) is 22.1 Å². The number of para-hydroxylation sites is 1. The molecule has 0 radical (unpaired) electrons. The van der Waals surface area contributed by atoms with Gasteiger partial charge < -0.3 is 4.74 Å². The van der Waals surface area contributed by atoms with Crippen LogP contribution in [0, 0.1) is 4.77 Å². The van der Waals surface area contributed by atoms with Crippen LogP contribution in [-0.2, 0) is 20.9 Å². The second-order valence-corrected chi connectivity index (χ2v) is 8.29. The molecule has 1 saturated heterocycles. The highest BCUT2D eigenvalue weighted by Gasteiger charge is 2.26. The van der Waals surface area contributed by atoms with Gasteiger partial charge in [-0.15, -0.1) is 0 Å². The maximum Gasteiger partial charge on any atom is 0.337 e. The summed E-state index contributed by atoms with van der Waals surface area (Å²) in [6, 6.07) is 15.7. The van der Waals surface area contributed by atoms with E-state index >= 15 is 0 Å². The molecule has 3 amide bonds. The minimum atomic E-state index is -0.792. The van der Waals surface area contributed by atoms with Crippen LogP contribution in [0.3, 0.4) is 0 Å². The van der Waals surface area contributed by atoms with Gasteiger partial charge in [-0.25, -0.2) is 14.9 Å². The number of carbonyl (C=O) groups is 4. The van der Waals surface area contributed by atoms with Crippen molar-refractivity contribution in [1.29, 1.82) is 0 Å². The van der Waals surface area contributed by atoms with Gasteiger partial charge in [0, 0.05) is 11.8 Å². The molecule has 0 unspecified atom stereocenters. The summed E-state index contributed by atoms with van der Waals surface area (Å²) in [5, 5.41) is 9.55. The fourth-order valence-electron chi connectivity index (χ4n) is 2.86. The molecule has 1 fully saturated rings. The lowest BCUT2D eigenvalue weighted by Crippen LogP contribution is -2.24. The molecule has 1 aliphatic rings. The molecule has 11 nitrogen and oxygen atoms in total. The van der Waals surface area contributed by atoms with Gasteiger partial charge in [0.1, 0.15) is 18.6 Å². The number of benzene rings is 2. The van der Waals surface area contributed by atoms with Crippen LogP contribution in [0.4, 0.5) is 4.79 Å². The van der Waals surface area contributed by atoms with Gasteiger partial charge in [-0.05, 0) is 65.9 Å². The van der Waals surface area contributed by atoms with Crippen LogP contribution >= 0.6 is 24.0 Å². The summed E-state index contributed by atoms with van der Waals surface area (Å²) in [5.41, 5.74) is 3.87. The van der Waals surface area contributed by atoms with E-state index in [-0.39, 0.29) is 17.2 Å². The zero-order valence-corrected chi connectivity index (χ0v) is 19.4. The molecule has 3 aromatic rings. The summed E-state index contributed by atoms with van der Waals surface area (Å²) in [4.78, 5) is 46.7. The standard InChI is InChI=1S/C22H16N6O5S2/c29-18(12-28-22(34)27(13-24-28)15-4-2-1-3-5-15)26-23-11-14-6-8-16(9-7-14)33-19(30)10-17-20(31)25-21(32)35-17/h1-11,13H,12H2,(H,26,29)(H,25,31,32)/b17-10+,23-11+. The second kappa shape index (κ2) is 10.7. The number of imide groups is 1. The minimum Gasteiger partial charge on any atom is -0.423 e. The van der Waals surface area contributed by atoms with Crippen LogP contribution in [0.15, 0.2) is 77.0 Å². The molecule has 2 heterocycles. The third-order valence-electron chi connectivity index (χ3n) is 4.45. The smallest absolute Gasteiger partial charge is 0.337 e. The maximum atomic E-state index is 12.2. The molecule has 0 atom stereocenters. The molecule has 2 aromatic carbocycles. The Bertz CT molecular complexity index is 1410. The zero-order valence-electron chi connectivity index (χ0n) is 17.8. The summed E-state index contributed by atoms with van der Waals surface area (Å²) >= 11 is 6.00. The Kier molecular flexibility index (Phi) is 7.28. The molecule has 1 aromatic heterocycles. The van der Waals surface area contributed by atoms with Gasteiger partial charge in [-0.1, -0.05) is 18.2 Å². The zero-order chi connectivity index (χ0) is 24.8. The quantitative estimate of drug-likeness (QED) is 0.124. The first-order valence-electron chi connectivity index (χ1n) is 9.97. The number of rotatable bonds is 7. The predicted octanol–water partition coefficient (Wildman–Crippen LogP) is 2.33. The lowest BCUT2D eigenvalue weighted by atomic mass is 10.2. The molecule has 13 heteroatoms. The van der Waals surface area contributed by atoms with Gasteiger partial charge in [0.25, 0.3) is 17.1 Å². The maximum absolute atomic E-state index is 12.2. The first-order chi connectivity index (χ1) is 16.9. The van der Waals surface area contributed by atoms with E-state index < -0.39 is 23.0 Å². The van der Waals surface area contributed by atoms with Crippen molar-refractivity contribution in [3.8, 4) is 11.4 Å². The normalized spacial score (nSPS) is 14.3. The van der Waals surface area contributed by atoms with Crippen LogP contribution in [0.2, 0.25) is 0 Å². The number of amides is 3. The summed E-state index contributed by atoms with van der Waals surface area (Å²) in [5.74, 6) is -1.62. The number of aromatic nitrogens is 3. The fourth-order valence-corrected chi connectivity index (χ4v) is 3.76. The highest BCUT2D eigenvalue weighted by molar-refractivity contribution is 8.18. The summed E-state index contributed by atoms with van der Waals surface area (Å²) < 4.78 is 8.56. The van der Waals surface area contributed by atoms with Gasteiger partial charge in [0.05, 0.1) is 11.1 Å². The molecule has 4 rings (SSSR count). The number of thioether (sulfide) groups is 1. The van der Waals surface area contributed by atoms with E-state index in [1.165, 1.54) is 23.0 Å². The molecular weight excluding hydrogens is 492 g/mol. The topological polar surface area (TPSA) is 137 Å². The molecule has 176 valence electrons. The van der Waals surface area contributed by atoms with Crippen molar-refractivity contribution in [2.75, 3.05) is 0 Å². The molecule has 0 aliphatic carbocycles. The van der Waals surface area contributed by atoms with E-state index in [2.05, 4.69) is 15.6 Å². The summed E-state index contributed by atoms with van der Waals surface area (Å²) in [6.45, 7) is -0.109. The number of esters is 1. The Morgan fingerprint density at radius 1 is 1.14 bits per heavy atom. The molecule has 0 saturated carbocycles. The predicted molar refractivity (Wildman–Crippen MR) is 129 cm³/mol. The first kappa shape index (κ1) is 23.8. The van der Waals surface area contributed by atoms with Crippen LogP contribution < -0.4 is 15.5 Å². The van der Waals surface area contributed by atoms with Crippen molar-refractivity contribution in [3.63, 3.8) is 0 Å². The summed E-state index contributed by atoms with van der Waals surface area (Å²) in [6.07, 6.45) is 3.91. The van der Waals surface area contributed by atoms with Crippen molar-refractivity contribution in [1.82, 2.24) is 25.1 Å². The highest BCUT2D eigenvalue weighted by Crippen LogP contribution is 2.23. The Morgan fingerprint density at radius 2 is 1.89 bits per heavy atom. The molecule has 35 heavy (non-hydrogen) atoms. The fraction of sp³-hybridized carbons (Fsp3) is 0.0455. The number of hydrogen-bond donors (Lipinski definition) is 2. The van der Waals surface area contributed by atoms with E-state index in [1.54, 1.807) is 23.0 Å². The van der Waals surface area contributed by atoms with Gasteiger partial charge >= 0.3 is 5.97 Å². The number of nitrogens with one attached hydrogen (secondary N) is 2. The van der Waals surface area contributed by atoms with E-state index in [0.717, 1.165) is 11.8 Å². The Labute approximate surface area is 207 Å². The van der Waals surface area contributed by atoms with Crippen molar-refractivity contribution in [2.24, 2.45) is 5.10 Å². The lowest BCUT2D eigenvalue weighted by Gasteiger charge is -2.03. The molecule has 0 spiro atoms. The number of nitrogens with zero attached hydrogens (tertiary/aromatic N) is 4. The number of hydrazone groups is 1. The monoisotopic (exact) mass is 508 g/mol. The average Bonchev–Trinajstić information content (AvgIpc) is 3.35. The van der Waals surface area contributed by atoms with Gasteiger partial charge in [-0.2, -0.15) is 10.2 Å². The van der Waals surface area contributed by atoms with Crippen LogP contribution in [0.5, 0.6) is 5.75 Å². The van der Waals surface area contributed by atoms with Gasteiger partial charge in [0.2, 0.25) is 4.77 Å². The molecule has 1 aliphatic heterocycles. The van der Waals surface area contributed by atoms with Crippen LogP contribution in [0.25, 0.3) is 5.69 Å². The molecule has 0 bridgehead atoms. The third kappa shape index (κ3) is 6.16. The Hall–Kier alpha value is -4.36. The summed E-state index contributed by atoms with van der Waals surface area (Å²) in [7, 11) is 0. The third-order valence-corrected chi connectivity index (χ3v) is 5.67. The second-order valence-electron chi connectivity index (χ2n) is 6.91. The van der Waals surface area contributed by atoms with E-state index in [1.807, 2.05) is 35.6 Å². The van der Waals surface area contributed by atoms with Crippen molar-refractivity contribution < 1.29 is 23.9 Å². The van der Waals surface area contributed by atoms with Gasteiger partial charge in [0.15, 0.2) is 0 Å². The Balaban J connectivity index is 1.29. The van der Waals surface area contributed by atoms with Crippen LogP contribution in [-0.4, -0.2) is 43.6 Å². The Morgan fingerprint density at radius 3 is 2.57 bits per heavy atom. The number of ether oxygens (including phenoxy) is 1. The largest absolute Gasteiger partial charge is 0.423 e. The van der Waals surface area contributed by atoms with Crippen molar-refractivity contribution >= 4 is 53.2 Å². The van der Waals surface area contributed by atoms with Crippen LogP contribution in [0.1, 0.15) is 5.56 Å².